The molecule has 0 saturated heterocycles. The Morgan fingerprint density at radius 3 is 2.38 bits per heavy atom. The van der Waals surface area contributed by atoms with Gasteiger partial charge < -0.3 is 15.2 Å². The van der Waals surface area contributed by atoms with Crippen molar-refractivity contribution in [1.29, 1.82) is 0 Å². The van der Waals surface area contributed by atoms with E-state index in [0.717, 1.165) is 28.5 Å². The van der Waals surface area contributed by atoms with E-state index in [9.17, 15) is 14.7 Å². The predicted octanol–water partition coefficient (Wildman–Crippen LogP) is 6.99. The highest BCUT2D eigenvalue weighted by Gasteiger charge is 2.17. The topological polar surface area (TPSA) is 88.5 Å². The van der Waals surface area contributed by atoms with Gasteiger partial charge in [0.1, 0.15) is 10.8 Å². The highest BCUT2D eigenvalue weighted by Crippen LogP contribution is 2.31. The molecule has 1 aromatic heterocycles. The van der Waals surface area contributed by atoms with E-state index in [-0.39, 0.29) is 33.8 Å². The van der Waals surface area contributed by atoms with Gasteiger partial charge in [-0.25, -0.2) is 9.78 Å². The number of anilines is 1. The fraction of sp³-hybridized carbons (Fsp3) is 0.240. The zero-order valence-electron chi connectivity index (χ0n) is 18.7. The molecule has 0 aliphatic carbocycles. The van der Waals surface area contributed by atoms with Crippen LogP contribution in [0.1, 0.15) is 42.6 Å². The van der Waals surface area contributed by atoms with Crippen LogP contribution in [-0.4, -0.2) is 28.1 Å². The van der Waals surface area contributed by atoms with E-state index >= 15 is 0 Å². The van der Waals surface area contributed by atoms with Crippen molar-refractivity contribution < 1.29 is 19.4 Å². The van der Waals surface area contributed by atoms with Gasteiger partial charge in [0.05, 0.1) is 28.8 Å². The maximum Gasteiger partial charge on any atom is 0.337 e. The molecule has 2 aromatic carbocycles. The largest absolute Gasteiger partial charge is 0.490 e. The molecule has 9 heteroatoms. The molecule has 2 N–H and O–H groups in total. The average molecular weight is 519 g/mol. The Hall–Kier alpha value is -2.74. The number of benzene rings is 2. The summed E-state index contributed by atoms with van der Waals surface area (Å²) in [6.07, 6.45) is 3.78. The molecule has 0 spiro atoms. The molecule has 178 valence electrons. The van der Waals surface area contributed by atoms with Gasteiger partial charge in [0.2, 0.25) is 5.91 Å². The maximum atomic E-state index is 12.5. The number of carbonyl (C=O) groups is 2. The van der Waals surface area contributed by atoms with E-state index < -0.39 is 11.9 Å². The molecule has 0 saturated carbocycles. The van der Waals surface area contributed by atoms with Crippen LogP contribution in [0.2, 0.25) is 10.0 Å². The summed E-state index contributed by atoms with van der Waals surface area (Å²) in [5.41, 5.74) is 0.519. The van der Waals surface area contributed by atoms with Crippen molar-refractivity contribution in [1.82, 2.24) is 4.98 Å². The highest BCUT2D eigenvalue weighted by molar-refractivity contribution is 7.99. The van der Waals surface area contributed by atoms with Crippen molar-refractivity contribution in [3.63, 3.8) is 0 Å². The van der Waals surface area contributed by atoms with Gasteiger partial charge >= 0.3 is 5.97 Å². The van der Waals surface area contributed by atoms with Gasteiger partial charge in [-0.05, 0) is 60.9 Å². The van der Waals surface area contributed by atoms with Crippen LogP contribution in [0, 0.1) is 0 Å². The lowest BCUT2D eigenvalue weighted by Crippen LogP contribution is -2.17. The van der Waals surface area contributed by atoms with E-state index in [0.29, 0.717) is 5.56 Å². The van der Waals surface area contributed by atoms with E-state index in [1.165, 1.54) is 23.9 Å². The molecule has 34 heavy (non-hydrogen) atoms. The Morgan fingerprint density at radius 2 is 1.79 bits per heavy atom. The first-order valence-corrected chi connectivity index (χ1v) is 12.3. The van der Waals surface area contributed by atoms with Crippen LogP contribution >= 0.6 is 35.0 Å². The average Bonchev–Trinajstić information content (AvgIpc) is 2.81. The van der Waals surface area contributed by atoms with Crippen molar-refractivity contribution in [2.45, 2.75) is 49.1 Å². The number of hydrogen-bond acceptors (Lipinski definition) is 5. The zero-order valence-corrected chi connectivity index (χ0v) is 21.0. The summed E-state index contributed by atoms with van der Waals surface area (Å²) in [4.78, 5) is 29.4. The minimum absolute atomic E-state index is 0.0119. The first kappa shape index (κ1) is 25.9. The second-order valence-electron chi connectivity index (χ2n) is 7.47. The molecule has 0 aliphatic rings. The van der Waals surface area contributed by atoms with Crippen LogP contribution in [0.4, 0.5) is 5.69 Å². The molecule has 3 rings (SSSR count). The van der Waals surface area contributed by atoms with Gasteiger partial charge in [-0.1, -0.05) is 54.9 Å². The highest BCUT2D eigenvalue weighted by atomic mass is 35.5. The van der Waals surface area contributed by atoms with Gasteiger partial charge in [0, 0.05) is 16.1 Å². The van der Waals surface area contributed by atoms with Crippen LogP contribution in [0.25, 0.3) is 0 Å². The number of aromatic carboxylic acids is 1. The third kappa shape index (κ3) is 7.13. The lowest BCUT2D eigenvalue weighted by atomic mass is 10.1. The normalized spacial score (nSPS) is 10.9. The van der Waals surface area contributed by atoms with E-state index in [4.69, 9.17) is 27.9 Å². The van der Waals surface area contributed by atoms with Gasteiger partial charge in [-0.2, -0.15) is 0 Å². The molecule has 1 heterocycles. The van der Waals surface area contributed by atoms with Crippen molar-refractivity contribution >= 4 is 52.5 Å². The van der Waals surface area contributed by atoms with E-state index in [1.807, 2.05) is 30.3 Å². The molecular formula is C25H24Cl2N2O4S. The minimum atomic E-state index is -1.24. The second-order valence-corrected chi connectivity index (χ2v) is 9.41. The number of nitrogens with one attached hydrogen (secondary N) is 1. The lowest BCUT2D eigenvalue weighted by molar-refractivity contribution is -0.115. The molecule has 0 atom stereocenters. The quantitative estimate of drug-likeness (QED) is 0.300. The van der Waals surface area contributed by atoms with E-state index in [2.05, 4.69) is 24.1 Å². The maximum absolute atomic E-state index is 12.5. The first-order chi connectivity index (χ1) is 16.3. The van der Waals surface area contributed by atoms with Crippen molar-refractivity contribution in [2.24, 2.45) is 0 Å². The first-order valence-electron chi connectivity index (χ1n) is 10.7. The number of carboxylic acids is 1. The standard InChI is InChI=1S/C25H24Cl2N2O4S/c1-3-17(4-2)33-18-6-8-19(9-7-18)34-23-10-5-15(14-28-23)11-22(30)29-24-20(25(31)32)12-16(26)13-21(24)27/h5-10,12-14,17H,3-4,11H2,1-2H3,(H,29,30)(H,31,32). The number of nitrogens with zero attached hydrogens (tertiary/aromatic N) is 1. The molecule has 0 radical (unpaired) electrons. The number of ether oxygens (including phenoxy) is 1. The number of amides is 1. The van der Waals surface area contributed by atoms with Crippen LogP contribution in [0.15, 0.2) is 64.6 Å². The predicted molar refractivity (Wildman–Crippen MR) is 136 cm³/mol. The second kappa shape index (κ2) is 12.1. The van der Waals surface area contributed by atoms with Crippen LogP contribution in [0.3, 0.4) is 0 Å². The van der Waals surface area contributed by atoms with E-state index in [1.54, 1.807) is 12.3 Å². The number of hydrogen-bond donors (Lipinski definition) is 2. The summed E-state index contributed by atoms with van der Waals surface area (Å²) in [6.45, 7) is 4.22. The van der Waals surface area contributed by atoms with Crippen molar-refractivity contribution in [3.8, 4) is 5.75 Å². The Balaban J connectivity index is 1.60. The Morgan fingerprint density at radius 1 is 1.09 bits per heavy atom. The SMILES string of the molecule is CCC(CC)Oc1ccc(Sc2ccc(CC(=O)Nc3c(Cl)cc(Cl)cc3C(=O)O)cn2)cc1. The number of carbonyl (C=O) groups excluding carboxylic acids is 1. The Bertz CT molecular complexity index is 1150. The molecule has 0 aliphatic heterocycles. The monoisotopic (exact) mass is 518 g/mol. The Kier molecular flexibility index (Phi) is 9.21. The summed E-state index contributed by atoms with van der Waals surface area (Å²) < 4.78 is 5.94. The minimum Gasteiger partial charge on any atom is -0.490 e. The number of halogens is 2. The van der Waals surface area contributed by atoms with Crippen LogP contribution < -0.4 is 10.1 Å². The number of rotatable bonds is 10. The zero-order chi connectivity index (χ0) is 24.7. The summed E-state index contributed by atoms with van der Waals surface area (Å²) >= 11 is 13.5. The van der Waals surface area contributed by atoms with Gasteiger partial charge in [0.15, 0.2) is 0 Å². The molecule has 0 fully saturated rings. The van der Waals surface area contributed by atoms with Gasteiger partial charge in [-0.3, -0.25) is 4.79 Å². The summed E-state index contributed by atoms with van der Waals surface area (Å²) in [5, 5.41) is 12.9. The lowest BCUT2D eigenvalue weighted by Gasteiger charge is -2.15. The van der Waals surface area contributed by atoms with Crippen molar-refractivity contribution in [3.05, 3.63) is 75.9 Å². The molecular weight excluding hydrogens is 495 g/mol. The van der Waals surface area contributed by atoms with Crippen LogP contribution in [0.5, 0.6) is 5.75 Å². The summed E-state index contributed by atoms with van der Waals surface area (Å²) in [7, 11) is 0. The summed E-state index contributed by atoms with van der Waals surface area (Å²) in [6, 6.07) is 14.1. The fourth-order valence-electron chi connectivity index (χ4n) is 3.17. The molecule has 6 nitrogen and oxygen atoms in total. The number of carboxylic acid groups (broad SMARTS) is 1. The van der Waals surface area contributed by atoms with Gasteiger partial charge in [-0.15, -0.1) is 0 Å². The Labute approximate surface area is 212 Å². The number of pyridine rings is 1. The molecule has 3 aromatic rings. The van der Waals surface area contributed by atoms with Crippen LogP contribution in [-0.2, 0) is 11.2 Å². The molecule has 0 unspecified atom stereocenters. The third-order valence-corrected chi connectivity index (χ3v) is 6.45. The number of aromatic nitrogens is 1. The molecule has 1 amide bonds. The third-order valence-electron chi connectivity index (χ3n) is 4.97. The smallest absolute Gasteiger partial charge is 0.337 e. The summed E-state index contributed by atoms with van der Waals surface area (Å²) in [5.74, 6) is -0.806. The van der Waals surface area contributed by atoms with Gasteiger partial charge in [0.25, 0.3) is 0 Å². The van der Waals surface area contributed by atoms with Crippen molar-refractivity contribution in [2.75, 3.05) is 5.32 Å². The fourth-order valence-corrected chi connectivity index (χ4v) is 4.46. The molecule has 0 bridgehead atoms.